The molecule has 3 rings (SSSR count). The van der Waals surface area contributed by atoms with E-state index in [0.29, 0.717) is 11.5 Å². The van der Waals surface area contributed by atoms with Crippen molar-refractivity contribution in [1.82, 2.24) is 40.4 Å². The Morgan fingerprint density at radius 1 is 1.29 bits per heavy atom. The van der Waals surface area contributed by atoms with Crippen LogP contribution in [0.5, 0.6) is 0 Å². The lowest BCUT2D eigenvalue weighted by molar-refractivity contribution is -0.116. The molecular formula is C11H11N9O. The second-order valence-corrected chi connectivity index (χ2v) is 4.26. The van der Waals surface area contributed by atoms with Crippen molar-refractivity contribution in [2.24, 2.45) is 7.05 Å². The molecule has 0 saturated heterocycles. The molecule has 3 aromatic rings. The molecule has 0 fully saturated rings. The van der Waals surface area contributed by atoms with Crippen molar-refractivity contribution in [2.45, 2.75) is 6.54 Å². The number of carbonyl (C=O) groups excluding carboxylic acids is 1. The Labute approximate surface area is 118 Å². The van der Waals surface area contributed by atoms with Gasteiger partial charge in [-0.2, -0.15) is 0 Å². The van der Waals surface area contributed by atoms with Crippen LogP contribution in [0, 0.1) is 0 Å². The molecule has 0 aliphatic carbocycles. The third-order valence-electron chi connectivity index (χ3n) is 2.72. The molecule has 2 aromatic heterocycles. The van der Waals surface area contributed by atoms with Crippen LogP contribution in [0.15, 0.2) is 30.6 Å². The highest BCUT2D eigenvalue weighted by Crippen LogP contribution is 2.19. The van der Waals surface area contributed by atoms with Gasteiger partial charge in [0.15, 0.2) is 5.82 Å². The number of anilines is 1. The zero-order valence-corrected chi connectivity index (χ0v) is 11.1. The minimum Gasteiger partial charge on any atom is -0.324 e. The average Bonchev–Trinajstić information content (AvgIpc) is 3.10. The number of tetrazole rings is 2. The Morgan fingerprint density at radius 2 is 2.19 bits per heavy atom. The molecule has 0 saturated carbocycles. The van der Waals surface area contributed by atoms with Crippen molar-refractivity contribution in [2.75, 3.05) is 5.32 Å². The van der Waals surface area contributed by atoms with Crippen LogP contribution in [0.25, 0.3) is 11.4 Å². The van der Waals surface area contributed by atoms with Crippen molar-refractivity contribution < 1.29 is 4.79 Å². The topological polar surface area (TPSA) is 116 Å². The summed E-state index contributed by atoms with van der Waals surface area (Å²) in [5.74, 6) is 0.391. The highest BCUT2D eigenvalue weighted by Gasteiger charge is 2.08. The van der Waals surface area contributed by atoms with Gasteiger partial charge in [-0.25, -0.2) is 9.36 Å². The van der Waals surface area contributed by atoms with Gasteiger partial charge in [0.2, 0.25) is 5.91 Å². The van der Waals surface area contributed by atoms with Gasteiger partial charge in [0, 0.05) is 18.3 Å². The van der Waals surface area contributed by atoms with Crippen molar-refractivity contribution >= 4 is 11.6 Å². The Morgan fingerprint density at radius 3 is 2.90 bits per heavy atom. The van der Waals surface area contributed by atoms with Crippen molar-refractivity contribution in [3.8, 4) is 11.4 Å². The normalized spacial score (nSPS) is 10.5. The highest BCUT2D eigenvalue weighted by molar-refractivity contribution is 5.91. The maximum atomic E-state index is 11.9. The molecule has 1 N–H and O–H groups in total. The standard InChI is InChI=1S/C11H11N9O/c1-19-11(14-16-17-19)8-3-2-4-9(5-8)13-10(21)6-20-7-12-15-18-20/h2-5,7H,6H2,1H3,(H,13,21). The first-order valence-electron chi connectivity index (χ1n) is 6.06. The summed E-state index contributed by atoms with van der Waals surface area (Å²) < 4.78 is 2.90. The van der Waals surface area contributed by atoms with Gasteiger partial charge >= 0.3 is 0 Å². The van der Waals surface area contributed by atoms with Crippen LogP contribution in [0.2, 0.25) is 0 Å². The van der Waals surface area contributed by atoms with Gasteiger partial charge in [0.1, 0.15) is 12.9 Å². The first kappa shape index (κ1) is 12.8. The molecule has 1 aromatic carbocycles. The third-order valence-corrected chi connectivity index (χ3v) is 2.72. The van der Waals surface area contributed by atoms with E-state index in [1.54, 1.807) is 23.9 Å². The molecule has 2 heterocycles. The first-order valence-corrected chi connectivity index (χ1v) is 6.06. The van der Waals surface area contributed by atoms with Crippen LogP contribution in [0.1, 0.15) is 0 Å². The third kappa shape index (κ3) is 2.88. The van der Waals surface area contributed by atoms with Gasteiger partial charge in [-0.05, 0) is 33.0 Å². The molecule has 1 amide bonds. The van der Waals surface area contributed by atoms with Crippen LogP contribution >= 0.6 is 0 Å². The Balaban J connectivity index is 1.74. The maximum Gasteiger partial charge on any atom is 0.246 e. The Bertz CT molecular complexity index is 749. The predicted molar refractivity (Wildman–Crippen MR) is 70.7 cm³/mol. The van der Waals surface area contributed by atoms with Crippen LogP contribution in [0.4, 0.5) is 5.69 Å². The van der Waals surface area contributed by atoms with E-state index in [4.69, 9.17) is 0 Å². The van der Waals surface area contributed by atoms with Crippen LogP contribution in [-0.2, 0) is 18.4 Å². The van der Waals surface area contributed by atoms with E-state index < -0.39 is 0 Å². The number of hydrogen-bond donors (Lipinski definition) is 1. The Kier molecular flexibility index (Phi) is 3.33. The summed E-state index contributed by atoms with van der Waals surface area (Å²) in [6.45, 7) is 0.0444. The van der Waals surface area contributed by atoms with Gasteiger partial charge < -0.3 is 5.32 Å². The number of rotatable bonds is 4. The lowest BCUT2D eigenvalue weighted by Crippen LogP contribution is -2.19. The SMILES string of the molecule is Cn1nnnc1-c1cccc(NC(=O)Cn2cnnn2)c1. The van der Waals surface area contributed by atoms with E-state index in [0.717, 1.165) is 5.56 Å². The van der Waals surface area contributed by atoms with Crippen LogP contribution in [0.3, 0.4) is 0 Å². The monoisotopic (exact) mass is 285 g/mol. The van der Waals surface area contributed by atoms with Gasteiger partial charge in [-0.15, -0.1) is 10.2 Å². The number of aromatic nitrogens is 8. The summed E-state index contributed by atoms with van der Waals surface area (Å²) in [5.41, 5.74) is 1.45. The lowest BCUT2D eigenvalue weighted by Gasteiger charge is -2.06. The molecule has 10 nitrogen and oxygen atoms in total. The summed E-state index contributed by atoms with van der Waals surface area (Å²) in [6.07, 6.45) is 1.38. The summed E-state index contributed by atoms with van der Waals surface area (Å²) in [5, 5.41) is 24.6. The predicted octanol–water partition coefficient (Wildman–Crippen LogP) is -0.498. The second kappa shape index (κ2) is 5.45. The van der Waals surface area contributed by atoms with E-state index in [1.807, 2.05) is 12.1 Å². The number of amides is 1. The van der Waals surface area contributed by atoms with Crippen LogP contribution in [-0.4, -0.2) is 46.3 Å². The molecule has 0 aliphatic rings. The van der Waals surface area contributed by atoms with Crippen molar-refractivity contribution in [3.63, 3.8) is 0 Å². The zero-order valence-electron chi connectivity index (χ0n) is 11.1. The van der Waals surface area contributed by atoms with E-state index in [2.05, 4.69) is 36.4 Å². The number of benzene rings is 1. The summed E-state index contributed by atoms with van der Waals surface area (Å²) in [7, 11) is 1.75. The quantitative estimate of drug-likeness (QED) is 0.687. The van der Waals surface area contributed by atoms with Gasteiger partial charge in [-0.1, -0.05) is 12.1 Å². The summed E-state index contributed by atoms with van der Waals surface area (Å²) >= 11 is 0. The van der Waals surface area contributed by atoms with E-state index >= 15 is 0 Å². The molecule has 0 atom stereocenters. The van der Waals surface area contributed by atoms with Gasteiger partial charge in [-0.3, -0.25) is 4.79 Å². The largest absolute Gasteiger partial charge is 0.324 e. The highest BCUT2D eigenvalue weighted by atomic mass is 16.2. The molecule has 0 spiro atoms. The second-order valence-electron chi connectivity index (χ2n) is 4.26. The average molecular weight is 285 g/mol. The number of nitrogens with zero attached hydrogens (tertiary/aromatic N) is 8. The fourth-order valence-corrected chi connectivity index (χ4v) is 1.81. The van der Waals surface area contributed by atoms with E-state index in [9.17, 15) is 4.79 Å². The number of aryl methyl sites for hydroxylation is 1. The number of hydrogen-bond acceptors (Lipinski definition) is 7. The van der Waals surface area contributed by atoms with E-state index in [-0.39, 0.29) is 12.5 Å². The zero-order chi connectivity index (χ0) is 14.7. The van der Waals surface area contributed by atoms with Crippen molar-refractivity contribution in [1.29, 1.82) is 0 Å². The van der Waals surface area contributed by atoms with E-state index in [1.165, 1.54) is 11.0 Å². The lowest BCUT2D eigenvalue weighted by atomic mass is 10.2. The molecule has 0 aliphatic heterocycles. The first-order chi connectivity index (χ1) is 10.2. The van der Waals surface area contributed by atoms with Gasteiger partial charge in [0.05, 0.1) is 0 Å². The fraction of sp³-hybridized carbons (Fsp3) is 0.182. The maximum absolute atomic E-state index is 11.9. The minimum absolute atomic E-state index is 0.0444. The molecular weight excluding hydrogens is 274 g/mol. The smallest absolute Gasteiger partial charge is 0.246 e. The van der Waals surface area contributed by atoms with Gasteiger partial charge in [0.25, 0.3) is 0 Å². The molecule has 106 valence electrons. The Hall–Kier alpha value is -3.17. The fourth-order valence-electron chi connectivity index (χ4n) is 1.81. The van der Waals surface area contributed by atoms with Crippen LogP contribution < -0.4 is 5.32 Å². The molecule has 0 bridgehead atoms. The molecule has 21 heavy (non-hydrogen) atoms. The number of nitrogens with one attached hydrogen (secondary N) is 1. The minimum atomic E-state index is -0.226. The summed E-state index contributed by atoms with van der Waals surface area (Å²) in [4.78, 5) is 11.9. The summed E-state index contributed by atoms with van der Waals surface area (Å²) in [6, 6.07) is 7.26. The van der Waals surface area contributed by atoms with Crippen molar-refractivity contribution in [3.05, 3.63) is 30.6 Å². The molecule has 10 heteroatoms. The molecule has 0 unspecified atom stereocenters. The molecule has 0 radical (unpaired) electrons. The number of carbonyl (C=O) groups is 1.